The molecule has 3 heteroatoms. The lowest BCUT2D eigenvalue weighted by Crippen LogP contribution is -2.10. The van der Waals surface area contributed by atoms with Crippen LogP contribution in [0.1, 0.15) is 0 Å². The molecule has 0 unspecified atom stereocenters. The molecule has 0 atom stereocenters. The van der Waals surface area contributed by atoms with Crippen molar-refractivity contribution in [3.63, 3.8) is 0 Å². The van der Waals surface area contributed by atoms with E-state index in [-0.39, 0.29) is 0 Å². The SMILES string of the molecule is c1ccc(N(c2ccc3c(c2)c2cc(N(c4ccccc4)c4cccc5ccccc45)cc4c5cccc6cccc(c65)n3c42)c2cccc3ccccc23)cc1. The summed E-state index contributed by atoms with van der Waals surface area (Å²) in [6.07, 6.45) is 0. The van der Waals surface area contributed by atoms with Crippen LogP contribution in [0, 0.1) is 0 Å². The highest BCUT2D eigenvalue weighted by Crippen LogP contribution is 2.48. The predicted octanol–water partition coefficient (Wildman–Crippen LogP) is 15.2. The average Bonchev–Trinajstić information content (AvgIpc) is 3.60. The van der Waals surface area contributed by atoms with Gasteiger partial charge in [0.25, 0.3) is 0 Å². The monoisotopic (exact) mass is 725 g/mol. The van der Waals surface area contributed by atoms with E-state index in [1.807, 2.05) is 0 Å². The molecule has 0 saturated heterocycles. The Morgan fingerprint density at radius 1 is 0.281 bits per heavy atom. The minimum atomic E-state index is 1.11. The molecule has 3 nitrogen and oxygen atoms in total. The third kappa shape index (κ3) is 4.79. The van der Waals surface area contributed by atoms with E-state index in [1.165, 1.54) is 70.4 Å². The van der Waals surface area contributed by atoms with Gasteiger partial charge in [0.15, 0.2) is 0 Å². The highest BCUT2D eigenvalue weighted by molar-refractivity contribution is 6.28. The van der Waals surface area contributed by atoms with E-state index in [2.05, 4.69) is 227 Å². The summed E-state index contributed by atoms with van der Waals surface area (Å²) in [5, 5.41) is 12.3. The van der Waals surface area contributed by atoms with Crippen molar-refractivity contribution in [1.29, 1.82) is 0 Å². The Morgan fingerprint density at radius 3 is 1.40 bits per heavy atom. The van der Waals surface area contributed by atoms with Gasteiger partial charge in [-0.1, -0.05) is 140 Å². The Labute approximate surface area is 329 Å². The number of rotatable bonds is 6. The standard InChI is InChI=1S/C54H35N3/c1-3-21-39(22-4-1)55(49-28-12-17-36-15-7-9-25-43(36)49)41-31-32-51-46(33-41)48-35-42(34-47-45-27-11-19-38-20-14-30-52(53(38)45)57(51)54(47)48)56(40-23-5-2-6-24-40)50-29-13-18-37-16-8-10-26-44(37)50/h1-35H. The smallest absolute Gasteiger partial charge is 0.0621 e. The van der Waals surface area contributed by atoms with Gasteiger partial charge in [-0.25, -0.2) is 0 Å². The molecule has 0 aliphatic heterocycles. The molecule has 0 radical (unpaired) electrons. The van der Waals surface area contributed by atoms with Gasteiger partial charge in [0.2, 0.25) is 0 Å². The van der Waals surface area contributed by atoms with Crippen LogP contribution in [0.25, 0.3) is 70.4 Å². The van der Waals surface area contributed by atoms with Crippen molar-refractivity contribution >= 4 is 105 Å². The Balaban J connectivity index is 1.21. The zero-order chi connectivity index (χ0) is 37.5. The fourth-order valence-electron chi connectivity index (χ4n) is 9.39. The van der Waals surface area contributed by atoms with Gasteiger partial charge >= 0.3 is 0 Å². The van der Waals surface area contributed by atoms with Crippen molar-refractivity contribution in [2.45, 2.75) is 0 Å². The summed E-state index contributed by atoms with van der Waals surface area (Å²) in [6, 6.07) is 77.6. The molecule has 2 heterocycles. The van der Waals surface area contributed by atoms with Gasteiger partial charge in [-0.15, -0.1) is 0 Å². The van der Waals surface area contributed by atoms with E-state index in [4.69, 9.17) is 0 Å². The number of hydrogen-bond donors (Lipinski definition) is 0. The first-order chi connectivity index (χ1) is 28.3. The molecule has 10 aromatic carbocycles. The Morgan fingerprint density at radius 2 is 0.754 bits per heavy atom. The molecular formula is C54H35N3. The number of fused-ring (bicyclic) bond motifs is 7. The summed E-state index contributed by atoms with van der Waals surface area (Å²) in [4.78, 5) is 4.86. The van der Waals surface area contributed by atoms with Gasteiger partial charge in [-0.05, 0) is 94.3 Å². The van der Waals surface area contributed by atoms with Crippen LogP contribution in [0.5, 0.6) is 0 Å². The molecule has 0 aliphatic rings. The average molecular weight is 726 g/mol. The summed E-state index contributed by atoms with van der Waals surface area (Å²) < 4.78 is 2.51. The van der Waals surface area contributed by atoms with E-state index in [9.17, 15) is 0 Å². The van der Waals surface area contributed by atoms with Crippen molar-refractivity contribution in [2.75, 3.05) is 9.80 Å². The first-order valence-electron chi connectivity index (χ1n) is 19.6. The Kier molecular flexibility index (Phi) is 6.93. The number of aromatic nitrogens is 1. The quantitative estimate of drug-likeness (QED) is 0.125. The minimum absolute atomic E-state index is 1.11. The van der Waals surface area contributed by atoms with Crippen LogP contribution >= 0.6 is 0 Å². The molecule has 0 fully saturated rings. The second-order valence-corrected chi connectivity index (χ2v) is 14.9. The molecule has 2 aromatic heterocycles. The molecule has 0 N–H and O–H groups in total. The molecule has 57 heavy (non-hydrogen) atoms. The third-order valence-electron chi connectivity index (χ3n) is 11.8. The molecule has 266 valence electrons. The topological polar surface area (TPSA) is 10.9 Å². The Bertz CT molecular complexity index is 3460. The fraction of sp³-hybridized carbons (Fsp3) is 0. The van der Waals surface area contributed by atoms with Crippen LogP contribution in [-0.4, -0.2) is 4.40 Å². The zero-order valence-electron chi connectivity index (χ0n) is 31.0. The number of para-hydroxylation sites is 2. The third-order valence-corrected chi connectivity index (χ3v) is 11.8. The molecule has 12 aromatic rings. The molecule has 0 spiro atoms. The van der Waals surface area contributed by atoms with Crippen LogP contribution in [0.2, 0.25) is 0 Å². The summed E-state index contributed by atoms with van der Waals surface area (Å²) in [5.74, 6) is 0. The van der Waals surface area contributed by atoms with E-state index in [0.29, 0.717) is 0 Å². The predicted molar refractivity (Wildman–Crippen MR) is 243 cm³/mol. The molecule has 0 amide bonds. The van der Waals surface area contributed by atoms with Crippen molar-refractivity contribution < 1.29 is 0 Å². The number of hydrogen-bond acceptors (Lipinski definition) is 2. The summed E-state index contributed by atoms with van der Waals surface area (Å²) in [6.45, 7) is 0. The van der Waals surface area contributed by atoms with E-state index >= 15 is 0 Å². The van der Waals surface area contributed by atoms with Gasteiger partial charge in [0.1, 0.15) is 0 Å². The molecule has 0 aliphatic carbocycles. The Hall–Kier alpha value is -7.62. The lowest BCUT2D eigenvalue weighted by molar-refractivity contribution is 1.30. The maximum absolute atomic E-state index is 2.51. The first kappa shape index (κ1) is 31.7. The van der Waals surface area contributed by atoms with Gasteiger partial charge in [0.05, 0.1) is 27.9 Å². The number of nitrogens with zero attached hydrogens (tertiary/aromatic N) is 3. The van der Waals surface area contributed by atoms with Crippen LogP contribution in [0.3, 0.4) is 0 Å². The van der Waals surface area contributed by atoms with Gasteiger partial charge < -0.3 is 14.2 Å². The number of pyridine rings is 1. The van der Waals surface area contributed by atoms with E-state index in [1.54, 1.807) is 0 Å². The first-order valence-corrected chi connectivity index (χ1v) is 19.6. The molecule has 0 saturated carbocycles. The molecule has 12 rings (SSSR count). The second-order valence-electron chi connectivity index (χ2n) is 14.9. The van der Waals surface area contributed by atoms with Crippen LogP contribution in [0.15, 0.2) is 212 Å². The highest BCUT2D eigenvalue weighted by atomic mass is 15.2. The van der Waals surface area contributed by atoms with Crippen molar-refractivity contribution in [2.24, 2.45) is 0 Å². The number of anilines is 6. The number of benzene rings is 10. The molecular weight excluding hydrogens is 691 g/mol. The zero-order valence-corrected chi connectivity index (χ0v) is 31.0. The minimum Gasteiger partial charge on any atom is -0.310 e. The maximum Gasteiger partial charge on any atom is 0.0621 e. The second kappa shape index (κ2) is 12.5. The van der Waals surface area contributed by atoms with Crippen LogP contribution in [-0.2, 0) is 0 Å². The normalized spacial score (nSPS) is 11.9. The summed E-state index contributed by atoms with van der Waals surface area (Å²) in [5.41, 5.74) is 10.4. The van der Waals surface area contributed by atoms with Crippen molar-refractivity contribution in [1.82, 2.24) is 4.40 Å². The maximum atomic E-state index is 2.51. The van der Waals surface area contributed by atoms with Crippen LogP contribution in [0.4, 0.5) is 34.1 Å². The van der Waals surface area contributed by atoms with E-state index in [0.717, 1.165) is 34.1 Å². The highest BCUT2D eigenvalue weighted by Gasteiger charge is 2.24. The van der Waals surface area contributed by atoms with Crippen molar-refractivity contribution in [3.05, 3.63) is 212 Å². The summed E-state index contributed by atoms with van der Waals surface area (Å²) >= 11 is 0. The van der Waals surface area contributed by atoms with E-state index < -0.39 is 0 Å². The fourth-order valence-corrected chi connectivity index (χ4v) is 9.39. The summed E-state index contributed by atoms with van der Waals surface area (Å²) in [7, 11) is 0. The van der Waals surface area contributed by atoms with Crippen LogP contribution < -0.4 is 9.80 Å². The lowest BCUT2D eigenvalue weighted by Gasteiger charge is -2.27. The van der Waals surface area contributed by atoms with Gasteiger partial charge in [0, 0.05) is 55.1 Å². The largest absolute Gasteiger partial charge is 0.310 e. The van der Waals surface area contributed by atoms with Crippen molar-refractivity contribution in [3.8, 4) is 0 Å². The lowest BCUT2D eigenvalue weighted by atomic mass is 9.98. The van der Waals surface area contributed by atoms with Gasteiger partial charge in [-0.3, -0.25) is 0 Å². The van der Waals surface area contributed by atoms with Gasteiger partial charge in [-0.2, -0.15) is 0 Å². The molecule has 0 bridgehead atoms.